The first kappa shape index (κ1) is 30.0. The van der Waals surface area contributed by atoms with Crippen molar-refractivity contribution < 1.29 is 19.1 Å². The molecule has 3 unspecified atom stereocenters. The van der Waals surface area contributed by atoms with E-state index in [1.54, 1.807) is 20.8 Å². The Hall–Kier alpha value is -3.01. The predicted molar refractivity (Wildman–Crippen MR) is 139 cm³/mol. The van der Waals surface area contributed by atoms with Crippen LogP contribution < -0.4 is 10.6 Å². The van der Waals surface area contributed by atoms with E-state index in [9.17, 15) is 14.4 Å². The summed E-state index contributed by atoms with van der Waals surface area (Å²) in [7, 11) is 0. The van der Waals surface area contributed by atoms with Gasteiger partial charge in [-0.25, -0.2) is 4.79 Å². The fourth-order valence-corrected chi connectivity index (χ4v) is 3.75. The average Bonchev–Trinajstić information content (AvgIpc) is 2.77. The Morgan fingerprint density at radius 1 is 1.14 bits per heavy atom. The van der Waals surface area contributed by atoms with E-state index in [4.69, 9.17) is 11.2 Å². The molecular formula is C28H43N3O4. The van der Waals surface area contributed by atoms with Gasteiger partial charge in [0.1, 0.15) is 17.7 Å². The molecule has 1 rings (SSSR count). The number of carbonyl (C=O) groups is 3. The van der Waals surface area contributed by atoms with E-state index < -0.39 is 29.7 Å². The number of ether oxygens (including phenoxy) is 1. The average molecular weight is 486 g/mol. The van der Waals surface area contributed by atoms with Gasteiger partial charge in [0.05, 0.1) is 0 Å². The molecule has 2 N–H and O–H groups in total. The van der Waals surface area contributed by atoms with Gasteiger partial charge in [-0.1, -0.05) is 70.2 Å². The van der Waals surface area contributed by atoms with Gasteiger partial charge < -0.3 is 15.4 Å². The van der Waals surface area contributed by atoms with Crippen LogP contribution in [-0.2, 0) is 14.3 Å². The van der Waals surface area contributed by atoms with Crippen molar-refractivity contribution in [3.8, 4) is 12.5 Å². The van der Waals surface area contributed by atoms with Crippen molar-refractivity contribution in [1.29, 1.82) is 0 Å². The van der Waals surface area contributed by atoms with Crippen LogP contribution in [0.5, 0.6) is 0 Å². The highest BCUT2D eigenvalue weighted by Gasteiger charge is 2.38. The van der Waals surface area contributed by atoms with E-state index in [1.165, 1.54) is 0 Å². The van der Waals surface area contributed by atoms with E-state index in [1.807, 2.05) is 45.9 Å². The molecule has 0 aromatic heterocycles. The lowest BCUT2D eigenvalue weighted by Gasteiger charge is -2.33. The first-order valence-corrected chi connectivity index (χ1v) is 12.5. The minimum atomic E-state index is -1.03. The normalized spacial score (nSPS) is 13.7. The summed E-state index contributed by atoms with van der Waals surface area (Å²) in [5, 5.41) is 5.63. The number of aryl methyl sites for hydroxylation is 2. The summed E-state index contributed by atoms with van der Waals surface area (Å²) in [6.45, 7) is 15.5. The number of alkyl carbamates (subject to hydrolysis) is 1. The molecule has 35 heavy (non-hydrogen) atoms. The topological polar surface area (TPSA) is 87.7 Å². The summed E-state index contributed by atoms with van der Waals surface area (Å²) < 4.78 is 5.38. The van der Waals surface area contributed by atoms with Crippen molar-refractivity contribution in [3.63, 3.8) is 0 Å². The maximum atomic E-state index is 13.8. The molecule has 7 nitrogen and oxygen atoms in total. The van der Waals surface area contributed by atoms with Crippen molar-refractivity contribution in [2.24, 2.45) is 5.92 Å². The highest BCUT2D eigenvalue weighted by Crippen LogP contribution is 2.27. The molecule has 7 heteroatoms. The van der Waals surface area contributed by atoms with Crippen LogP contribution in [0, 0.1) is 32.2 Å². The molecule has 0 saturated heterocycles. The van der Waals surface area contributed by atoms with Crippen molar-refractivity contribution in [3.05, 3.63) is 34.9 Å². The Kier molecular flexibility index (Phi) is 11.8. The SMILES string of the molecule is C#CN(C(=O)C(NC(=O)OC(C)(C)C)C(C)CC)C(C(=O)NCCCCC)c1ccc(C)cc1C. The second-order valence-corrected chi connectivity index (χ2v) is 10.1. The summed E-state index contributed by atoms with van der Waals surface area (Å²) in [4.78, 5) is 40.8. The third-order valence-corrected chi connectivity index (χ3v) is 5.83. The number of nitrogens with zero attached hydrogens (tertiary/aromatic N) is 1. The molecule has 0 aliphatic heterocycles. The van der Waals surface area contributed by atoms with Gasteiger partial charge in [0.2, 0.25) is 5.91 Å². The maximum Gasteiger partial charge on any atom is 0.408 e. The van der Waals surface area contributed by atoms with E-state index in [0.29, 0.717) is 18.5 Å². The Morgan fingerprint density at radius 2 is 1.80 bits per heavy atom. The molecule has 0 heterocycles. The smallest absolute Gasteiger partial charge is 0.408 e. The summed E-state index contributed by atoms with van der Waals surface area (Å²) >= 11 is 0. The van der Waals surface area contributed by atoms with Crippen LogP contribution in [0.15, 0.2) is 18.2 Å². The summed E-state index contributed by atoms with van der Waals surface area (Å²) in [6.07, 6.45) is 8.60. The first-order valence-electron chi connectivity index (χ1n) is 12.5. The summed E-state index contributed by atoms with van der Waals surface area (Å²) in [5.74, 6) is -1.11. The monoisotopic (exact) mass is 485 g/mol. The number of rotatable bonds is 11. The van der Waals surface area contributed by atoms with Gasteiger partial charge >= 0.3 is 6.09 Å². The van der Waals surface area contributed by atoms with Crippen LogP contribution in [-0.4, -0.2) is 41.0 Å². The zero-order valence-corrected chi connectivity index (χ0v) is 22.7. The molecule has 194 valence electrons. The zero-order valence-electron chi connectivity index (χ0n) is 22.7. The highest BCUT2D eigenvalue weighted by atomic mass is 16.6. The van der Waals surface area contributed by atoms with Gasteiger partial charge in [0, 0.05) is 12.6 Å². The maximum absolute atomic E-state index is 13.8. The number of amides is 3. The highest BCUT2D eigenvalue weighted by molar-refractivity contribution is 5.93. The number of nitrogens with one attached hydrogen (secondary N) is 2. The van der Waals surface area contributed by atoms with E-state index >= 15 is 0 Å². The van der Waals surface area contributed by atoms with Crippen molar-refractivity contribution in [2.45, 2.75) is 98.8 Å². The third kappa shape index (κ3) is 9.28. The molecule has 0 spiro atoms. The van der Waals surface area contributed by atoms with Crippen molar-refractivity contribution in [1.82, 2.24) is 15.5 Å². The zero-order chi connectivity index (χ0) is 26.8. The largest absolute Gasteiger partial charge is 0.444 e. The van der Waals surface area contributed by atoms with Crippen LogP contribution in [0.3, 0.4) is 0 Å². The number of carbonyl (C=O) groups excluding carboxylic acids is 3. The first-order chi connectivity index (χ1) is 16.4. The van der Waals surface area contributed by atoms with Crippen molar-refractivity contribution >= 4 is 17.9 Å². The van der Waals surface area contributed by atoms with Gasteiger partial charge in [0.15, 0.2) is 0 Å². The lowest BCUT2D eigenvalue weighted by molar-refractivity contribution is -0.139. The lowest BCUT2D eigenvalue weighted by Crippen LogP contribution is -2.54. The minimum absolute atomic E-state index is 0.238. The molecule has 1 aromatic carbocycles. The molecule has 3 atom stereocenters. The molecule has 0 radical (unpaired) electrons. The number of terminal acetylenes is 1. The second kappa shape index (κ2) is 13.8. The van der Waals surface area contributed by atoms with Crippen LogP contribution in [0.25, 0.3) is 0 Å². The molecule has 0 saturated carbocycles. The van der Waals surface area contributed by atoms with E-state index in [0.717, 1.165) is 35.3 Å². The fourth-order valence-electron chi connectivity index (χ4n) is 3.75. The molecule has 1 aromatic rings. The third-order valence-electron chi connectivity index (χ3n) is 5.83. The summed E-state index contributed by atoms with van der Waals surface area (Å²) in [5.41, 5.74) is 1.82. The van der Waals surface area contributed by atoms with Crippen LogP contribution in [0.1, 0.15) is 90.0 Å². The van der Waals surface area contributed by atoms with Crippen LogP contribution >= 0.6 is 0 Å². The Balaban J connectivity index is 3.39. The van der Waals surface area contributed by atoms with Gasteiger partial charge in [-0.15, -0.1) is 0 Å². The molecule has 0 aliphatic rings. The Labute approximate surface area is 211 Å². The standard InChI is InChI=1S/C28H43N3O4/c1-10-13-14-17-29-25(32)24(22-16-15-19(4)18-21(22)6)31(12-3)26(33)23(20(5)11-2)30-27(34)35-28(7,8)9/h3,15-16,18,20,23-24H,10-11,13-14,17H2,1-2,4-9H3,(H,29,32)(H,30,34). The quantitative estimate of drug-likeness (QED) is 0.262. The van der Waals surface area contributed by atoms with Gasteiger partial charge in [-0.3, -0.25) is 14.5 Å². The Bertz CT molecular complexity index is 914. The number of unbranched alkanes of at least 4 members (excludes halogenated alkanes) is 2. The molecular weight excluding hydrogens is 442 g/mol. The van der Waals surface area contributed by atoms with Crippen LogP contribution in [0.4, 0.5) is 4.79 Å². The minimum Gasteiger partial charge on any atom is -0.444 e. The summed E-state index contributed by atoms with van der Waals surface area (Å²) in [6, 6.07) is 6.14. The number of hydrogen-bond donors (Lipinski definition) is 2. The molecule has 0 bridgehead atoms. The van der Waals surface area contributed by atoms with Gasteiger partial charge in [-0.2, -0.15) is 0 Å². The Morgan fingerprint density at radius 3 is 2.31 bits per heavy atom. The lowest BCUT2D eigenvalue weighted by atomic mass is 9.94. The van der Waals surface area contributed by atoms with Gasteiger partial charge in [-0.05, 0) is 58.1 Å². The molecule has 0 aliphatic carbocycles. The molecule has 0 fully saturated rings. The number of hydrogen-bond acceptors (Lipinski definition) is 4. The fraction of sp³-hybridized carbons (Fsp3) is 0.607. The second-order valence-electron chi connectivity index (χ2n) is 10.1. The predicted octanol–water partition coefficient (Wildman–Crippen LogP) is 5.01. The number of benzene rings is 1. The van der Waals surface area contributed by atoms with E-state index in [2.05, 4.69) is 23.6 Å². The molecule has 3 amide bonds. The van der Waals surface area contributed by atoms with Crippen LogP contribution in [0.2, 0.25) is 0 Å². The van der Waals surface area contributed by atoms with Gasteiger partial charge in [0.25, 0.3) is 5.91 Å². The van der Waals surface area contributed by atoms with Crippen molar-refractivity contribution in [2.75, 3.05) is 6.54 Å². The van der Waals surface area contributed by atoms with E-state index in [-0.39, 0.29) is 11.8 Å².